The Morgan fingerprint density at radius 1 is 1.19 bits per heavy atom. The summed E-state index contributed by atoms with van der Waals surface area (Å²) < 4.78 is 2.19. The highest BCUT2D eigenvalue weighted by Gasteiger charge is 2.22. The molecule has 0 saturated carbocycles. The molecule has 1 aliphatic rings. The van der Waals surface area contributed by atoms with Crippen LogP contribution in [-0.4, -0.2) is 26.4 Å². The molecule has 0 fully saturated rings. The molecule has 0 atom stereocenters. The minimum absolute atomic E-state index is 0.0252. The molecule has 0 aliphatic heterocycles. The third kappa shape index (κ3) is 5.04. The topological polar surface area (TPSA) is 59.8 Å². The number of aromatic nitrogens is 3. The van der Waals surface area contributed by atoms with Gasteiger partial charge in [0.25, 0.3) is 0 Å². The molecule has 0 unspecified atom stereocenters. The third-order valence-electron chi connectivity index (χ3n) is 5.66. The van der Waals surface area contributed by atoms with Gasteiger partial charge >= 0.3 is 0 Å². The number of nitrogens with one attached hydrogen (secondary N) is 1. The van der Waals surface area contributed by atoms with Crippen LogP contribution in [0.3, 0.4) is 0 Å². The van der Waals surface area contributed by atoms with Gasteiger partial charge in [-0.1, -0.05) is 44.7 Å². The van der Waals surface area contributed by atoms with Crippen molar-refractivity contribution in [3.05, 3.63) is 45.6 Å². The van der Waals surface area contributed by atoms with Gasteiger partial charge in [0.15, 0.2) is 11.0 Å². The molecular weight excluding hydrogens is 424 g/mol. The molecule has 0 spiro atoms. The summed E-state index contributed by atoms with van der Waals surface area (Å²) in [6.07, 6.45) is 5.85. The lowest BCUT2D eigenvalue weighted by molar-refractivity contribution is -0.113. The lowest BCUT2D eigenvalue weighted by Crippen LogP contribution is -2.14. The highest BCUT2D eigenvalue weighted by Crippen LogP contribution is 2.37. The van der Waals surface area contributed by atoms with Crippen molar-refractivity contribution in [2.45, 2.75) is 70.5 Å². The predicted octanol–water partition coefficient (Wildman–Crippen LogP) is 6.15. The summed E-state index contributed by atoms with van der Waals surface area (Å²) in [5.41, 5.74) is 4.79. The van der Waals surface area contributed by atoms with Gasteiger partial charge in [-0.25, -0.2) is 0 Å². The van der Waals surface area contributed by atoms with E-state index in [1.165, 1.54) is 52.6 Å². The second-order valence-electron chi connectivity index (χ2n) is 8.33. The first-order valence-corrected chi connectivity index (χ1v) is 13.0. The largest absolute Gasteiger partial charge is 0.325 e. The van der Waals surface area contributed by atoms with E-state index >= 15 is 0 Å². The fraction of sp³-hybridized carbons (Fsp3) is 0.458. The van der Waals surface area contributed by atoms with E-state index in [4.69, 9.17) is 0 Å². The van der Waals surface area contributed by atoms with Crippen molar-refractivity contribution in [3.8, 4) is 11.4 Å². The number of hydrogen-bond acceptors (Lipinski definition) is 5. The number of thioether (sulfide) groups is 1. The van der Waals surface area contributed by atoms with Crippen LogP contribution in [-0.2, 0) is 24.2 Å². The normalized spacial score (nSPS) is 13.4. The maximum atomic E-state index is 12.5. The average Bonchev–Trinajstić information content (AvgIpc) is 3.37. The molecule has 4 rings (SSSR count). The van der Waals surface area contributed by atoms with Crippen LogP contribution in [0.5, 0.6) is 0 Å². The fourth-order valence-corrected chi connectivity index (χ4v) is 5.87. The van der Waals surface area contributed by atoms with E-state index in [1.807, 2.05) is 23.5 Å². The van der Waals surface area contributed by atoms with E-state index in [1.54, 1.807) is 0 Å². The zero-order chi connectivity index (χ0) is 21.8. The van der Waals surface area contributed by atoms with Crippen LogP contribution in [0.1, 0.15) is 62.0 Å². The number of anilines is 1. The molecule has 1 N–H and O–H groups in total. The lowest BCUT2D eigenvalue weighted by atomic mass is 9.95. The Labute approximate surface area is 192 Å². The smallest absolute Gasteiger partial charge is 0.234 e. The second-order valence-corrected chi connectivity index (χ2v) is 10.2. The zero-order valence-electron chi connectivity index (χ0n) is 18.5. The van der Waals surface area contributed by atoms with Gasteiger partial charge in [-0.15, -0.1) is 21.5 Å². The molecule has 2 heterocycles. The molecule has 5 nitrogen and oxygen atoms in total. The number of fused-ring (bicyclic) bond motifs is 1. The Bertz CT molecular complexity index is 1040. The van der Waals surface area contributed by atoms with E-state index < -0.39 is 0 Å². The van der Waals surface area contributed by atoms with Crippen LogP contribution in [0.25, 0.3) is 11.4 Å². The number of carbonyl (C=O) groups is 1. The molecule has 1 amide bonds. The molecule has 7 heteroatoms. The summed E-state index contributed by atoms with van der Waals surface area (Å²) in [6, 6.07) is 8.07. The van der Waals surface area contributed by atoms with Crippen LogP contribution in [0.15, 0.2) is 34.8 Å². The van der Waals surface area contributed by atoms with Crippen LogP contribution < -0.4 is 5.32 Å². The first-order valence-electron chi connectivity index (χ1n) is 11.1. The van der Waals surface area contributed by atoms with Crippen LogP contribution in [0.2, 0.25) is 0 Å². The highest BCUT2D eigenvalue weighted by atomic mass is 32.2. The number of nitrogens with zero attached hydrogens (tertiary/aromatic N) is 3. The average molecular weight is 455 g/mol. The van der Waals surface area contributed by atoms with Crippen LogP contribution in [0, 0.1) is 0 Å². The first kappa shape index (κ1) is 22.1. The molecule has 31 heavy (non-hydrogen) atoms. The van der Waals surface area contributed by atoms with Crippen molar-refractivity contribution in [1.82, 2.24) is 14.8 Å². The van der Waals surface area contributed by atoms with Gasteiger partial charge < -0.3 is 9.88 Å². The SMILES string of the molecule is CCCn1c(SCC(=O)Nc2ccc(C(C)C)cc2)nnc1-c1csc2c1CCCC2. The van der Waals surface area contributed by atoms with Crippen molar-refractivity contribution in [2.24, 2.45) is 0 Å². The second kappa shape index (κ2) is 10.0. The van der Waals surface area contributed by atoms with E-state index in [9.17, 15) is 4.79 Å². The van der Waals surface area contributed by atoms with Gasteiger partial charge in [-0.3, -0.25) is 4.79 Å². The Morgan fingerprint density at radius 2 is 1.97 bits per heavy atom. The molecule has 0 saturated heterocycles. The maximum absolute atomic E-state index is 12.5. The first-order chi connectivity index (χ1) is 15.1. The summed E-state index contributed by atoms with van der Waals surface area (Å²) in [5, 5.41) is 15.0. The number of rotatable bonds is 8. The highest BCUT2D eigenvalue weighted by molar-refractivity contribution is 7.99. The molecule has 0 bridgehead atoms. The zero-order valence-corrected chi connectivity index (χ0v) is 20.1. The third-order valence-corrected chi connectivity index (χ3v) is 7.72. The fourth-order valence-electron chi connectivity index (χ4n) is 3.98. The summed E-state index contributed by atoms with van der Waals surface area (Å²) in [4.78, 5) is 14.0. The van der Waals surface area contributed by atoms with Gasteiger partial charge in [0.2, 0.25) is 5.91 Å². The van der Waals surface area contributed by atoms with Crippen molar-refractivity contribution in [3.63, 3.8) is 0 Å². The summed E-state index contributed by atoms with van der Waals surface area (Å²) in [7, 11) is 0. The summed E-state index contributed by atoms with van der Waals surface area (Å²) >= 11 is 3.31. The molecule has 164 valence electrons. The molecule has 2 aromatic heterocycles. The number of carbonyl (C=O) groups excluding carboxylic acids is 1. The maximum Gasteiger partial charge on any atom is 0.234 e. The predicted molar refractivity (Wildman–Crippen MR) is 130 cm³/mol. The van der Waals surface area contributed by atoms with Gasteiger partial charge in [-0.05, 0) is 61.3 Å². The van der Waals surface area contributed by atoms with E-state index in [0.717, 1.165) is 36.1 Å². The van der Waals surface area contributed by atoms with Crippen molar-refractivity contribution in [2.75, 3.05) is 11.1 Å². The van der Waals surface area contributed by atoms with Gasteiger partial charge in [-0.2, -0.15) is 0 Å². The Morgan fingerprint density at radius 3 is 2.71 bits per heavy atom. The standard InChI is InChI=1S/C24H30N4OS2/c1-4-13-28-23(20-14-30-21-8-6-5-7-19(20)21)26-27-24(28)31-15-22(29)25-18-11-9-17(10-12-18)16(2)3/h9-12,14,16H,4-8,13,15H2,1-3H3,(H,25,29). The van der Waals surface area contributed by atoms with Crippen molar-refractivity contribution in [1.29, 1.82) is 0 Å². The molecule has 0 radical (unpaired) electrons. The number of aryl methyl sites for hydroxylation is 1. The quantitative estimate of drug-likeness (QED) is 0.415. The minimum atomic E-state index is -0.0252. The Hall–Kier alpha value is -2.12. The van der Waals surface area contributed by atoms with E-state index in [2.05, 4.69) is 58.4 Å². The Kier molecular flexibility index (Phi) is 7.13. The molecule has 3 aromatic rings. The number of hydrogen-bond donors (Lipinski definition) is 1. The van der Waals surface area contributed by atoms with E-state index in [-0.39, 0.29) is 5.91 Å². The van der Waals surface area contributed by atoms with Gasteiger partial charge in [0, 0.05) is 28.1 Å². The monoisotopic (exact) mass is 454 g/mol. The number of benzene rings is 1. The van der Waals surface area contributed by atoms with Gasteiger partial charge in [0.05, 0.1) is 5.75 Å². The van der Waals surface area contributed by atoms with Gasteiger partial charge in [0.1, 0.15) is 0 Å². The van der Waals surface area contributed by atoms with Crippen LogP contribution >= 0.6 is 23.1 Å². The van der Waals surface area contributed by atoms with Crippen LogP contribution in [0.4, 0.5) is 5.69 Å². The summed E-state index contributed by atoms with van der Waals surface area (Å²) in [6.45, 7) is 7.34. The van der Waals surface area contributed by atoms with Crippen molar-refractivity contribution >= 4 is 34.7 Å². The number of thiophene rings is 1. The summed E-state index contributed by atoms with van der Waals surface area (Å²) in [5.74, 6) is 1.72. The molecule has 1 aliphatic carbocycles. The Balaban J connectivity index is 1.45. The van der Waals surface area contributed by atoms with E-state index in [0.29, 0.717) is 11.7 Å². The molecule has 1 aromatic carbocycles. The number of amides is 1. The molecular formula is C24H30N4OS2. The van der Waals surface area contributed by atoms with Crippen molar-refractivity contribution < 1.29 is 4.79 Å². The lowest BCUT2D eigenvalue weighted by Gasteiger charge is -2.13. The minimum Gasteiger partial charge on any atom is -0.325 e.